The molecule has 0 aromatic heterocycles. The van der Waals surface area contributed by atoms with Gasteiger partial charge in [-0.3, -0.25) is 9.59 Å². The summed E-state index contributed by atoms with van der Waals surface area (Å²) in [5.41, 5.74) is 0. The minimum atomic E-state index is -2.05. The maximum atomic E-state index is 12.5. The number of aliphatic hydroxyl groups is 14. The number of carbonyl (C=O) groups is 2. The molecule has 61 heavy (non-hydrogen) atoms. The van der Waals surface area contributed by atoms with Gasteiger partial charge in [0.05, 0.1) is 32.5 Å². The van der Waals surface area contributed by atoms with Gasteiger partial charge in [-0.1, -0.05) is 0 Å². The highest BCUT2D eigenvalue weighted by molar-refractivity contribution is 5.73. The fourth-order valence-corrected chi connectivity index (χ4v) is 7.58. The van der Waals surface area contributed by atoms with E-state index in [4.69, 9.17) is 42.6 Å². The van der Waals surface area contributed by atoms with E-state index >= 15 is 0 Å². The van der Waals surface area contributed by atoms with E-state index < -0.39 is 192 Å². The molecule has 2 amide bonds. The molecule has 0 aromatic rings. The molecule has 27 heteroatoms. The van der Waals surface area contributed by atoms with Crippen molar-refractivity contribution in [2.24, 2.45) is 0 Å². The second-order valence-corrected chi connectivity index (χ2v) is 15.5. The predicted octanol–water partition coefficient (Wildman–Crippen LogP) is -10.6. The first kappa shape index (κ1) is 50.0. The summed E-state index contributed by atoms with van der Waals surface area (Å²) in [7, 11) is 0. The molecule has 354 valence electrons. The van der Waals surface area contributed by atoms with Gasteiger partial charge in [0.1, 0.15) is 116 Å². The SMILES string of the molecule is CC(=O)N[C@@H]1[C@@H](O)[C@H](O[C@H]2O[C@H](CO)[C@@H](O[C@@H]3O[C@H](CO[C@H]4O[C@H](CO)[C@@H](O)[C@H](O)[C@@H]4O)[C@@H](O)[C@H](O)[C@@H]3O)[C@H](O)[C@H]2NC(C)=O)[C@@H](CO[C@@H]2O[C@@H](C)[C@@H](O)[C@@H](O)[C@@H]2O)O[C@H]1O. The van der Waals surface area contributed by atoms with Gasteiger partial charge in [0.2, 0.25) is 11.8 Å². The third kappa shape index (κ3) is 11.1. The van der Waals surface area contributed by atoms with Crippen molar-refractivity contribution in [3.63, 3.8) is 0 Å². The molecule has 0 aliphatic carbocycles. The summed E-state index contributed by atoms with van der Waals surface area (Å²) in [4.78, 5) is 24.5. The Balaban J connectivity index is 1.33. The van der Waals surface area contributed by atoms with E-state index in [1.807, 2.05) is 0 Å². The molecule has 0 radical (unpaired) electrons. The van der Waals surface area contributed by atoms with Crippen molar-refractivity contribution in [2.45, 2.75) is 174 Å². The van der Waals surface area contributed by atoms with Crippen LogP contribution in [0.25, 0.3) is 0 Å². The Morgan fingerprint density at radius 3 is 1.46 bits per heavy atom. The van der Waals surface area contributed by atoms with Gasteiger partial charge in [-0.2, -0.15) is 0 Å². The third-order valence-corrected chi connectivity index (χ3v) is 11.0. The van der Waals surface area contributed by atoms with Crippen molar-refractivity contribution >= 4 is 11.8 Å². The molecule has 5 fully saturated rings. The first-order chi connectivity index (χ1) is 28.7. The third-order valence-electron chi connectivity index (χ3n) is 11.0. The molecule has 0 spiro atoms. The monoisotopic (exact) mass is 894 g/mol. The van der Waals surface area contributed by atoms with Gasteiger partial charge in [-0.25, -0.2) is 0 Å². The Morgan fingerprint density at radius 1 is 0.459 bits per heavy atom. The van der Waals surface area contributed by atoms with Crippen LogP contribution in [0.1, 0.15) is 20.8 Å². The summed E-state index contributed by atoms with van der Waals surface area (Å²) in [6.07, 6.45) is -39.7. The van der Waals surface area contributed by atoms with E-state index in [1.165, 1.54) is 6.92 Å². The summed E-state index contributed by atoms with van der Waals surface area (Å²) in [5.74, 6) is -1.50. The minimum Gasteiger partial charge on any atom is -0.394 e. The molecule has 25 atom stereocenters. The van der Waals surface area contributed by atoms with E-state index in [2.05, 4.69) is 10.6 Å². The van der Waals surface area contributed by atoms with Crippen molar-refractivity contribution in [3.8, 4) is 0 Å². The molecule has 5 heterocycles. The van der Waals surface area contributed by atoms with Crippen molar-refractivity contribution in [1.82, 2.24) is 10.6 Å². The van der Waals surface area contributed by atoms with Crippen LogP contribution in [-0.2, 0) is 52.2 Å². The van der Waals surface area contributed by atoms with Crippen molar-refractivity contribution < 1.29 is 124 Å². The van der Waals surface area contributed by atoms with Crippen LogP contribution in [0.2, 0.25) is 0 Å². The van der Waals surface area contributed by atoms with Gasteiger partial charge >= 0.3 is 0 Å². The molecule has 0 bridgehead atoms. The molecule has 5 rings (SSSR count). The Kier molecular flexibility index (Phi) is 17.5. The summed E-state index contributed by atoms with van der Waals surface area (Å²) in [5, 5.41) is 152. The van der Waals surface area contributed by atoms with Crippen LogP contribution in [-0.4, -0.2) is 263 Å². The predicted molar refractivity (Wildman–Crippen MR) is 188 cm³/mol. The molecule has 0 saturated carbocycles. The van der Waals surface area contributed by atoms with Gasteiger partial charge in [0, 0.05) is 13.8 Å². The van der Waals surface area contributed by atoms with E-state index in [1.54, 1.807) is 0 Å². The highest BCUT2D eigenvalue weighted by Gasteiger charge is 2.55. The summed E-state index contributed by atoms with van der Waals surface area (Å²) in [6, 6.07) is -3.23. The number of carbonyl (C=O) groups excluding carboxylic acids is 2. The second-order valence-electron chi connectivity index (χ2n) is 15.5. The van der Waals surface area contributed by atoms with Gasteiger partial charge in [-0.15, -0.1) is 0 Å². The lowest BCUT2D eigenvalue weighted by atomic mass is 9.94. The molecule has 5 aliphatic heterocycles. The Bertz CT molecular complexity index is 1420. The summed E-state index contributed by atoms with van der Waals surface area (Å²) >= 11 is 0. The van der Waals surface area contributed by atoms with Crippen LogP contribution >= 0.6 is 0 Å². The summed E-state index contributed by atoms with van der Waals surface area (Å²) < 4.78 is 50.8. The first-order valence-electron chi connectivity index (χ1n) is 19.4. The van der Waals surface area contributed by atoms with Gasteiger partial charge in [0.25, 0.3) is 0 Å². The van der Waals surface area contributed by atoms with Gasteiger partial charge < -0.3 is 125 Å². The lowest BCUT2D eigenvalue weighted by molar-refractivity contribution is -0.367. The molecule has 27 nitrogen and oxygen atoms in total. The zero-order valence-electron chi connectivity index (χ0n) is 33.0. The molecule has 0 aromatic carbocycles. The van der Waals surface area contributed by atoms with Crippen molar-refractivity contribution in [3.05, 3.63) is 0 Å². The Hall–Kier alpha value is -1.98. The van der Waals surface area contributed by atoms with Crippen molar-refractivity contribution in [2.75, 3.05) is 26.4 Å². The average molecular weight is 895 g/mol. The van der Waals surface area contributed by atoms with Crippen molar-refractivity contribution in [1.29, 1.82) is 0 Å². The molecule has 5 aliphatic rings. The minimum absolute atomic E-state index is 0.676. The fraction of sp³-hybridized carbons (Fsp3) is 0.941. The highest BCUT2D eigenvalue weighted by atomic mass is 16.8. The van der Waals surface area contributed by atoms with E-state index in [0.717, 1.165) is 13.8 Å². The largest absolute Gasteiger partial charge is 0.394 e. The molecular formula is C34H58N2O25. The molecule has 5 saturated heterocycles. The maximum Gasteiger partial charge on any atom is 0.217 e. The lowest BCUT2D eigenvalue weighted by Crippen LogP contribution is -2.70. The van der Waals surface area contributed by atoms with E-state index in [-0.39, 0.29) is 0 Å². The quantitative estimate of drug-likeness (QED) is 0.0770. The van der Waals surface area contributed by atoms with Gasteiger partial charge in [-0.05, 0) is 6.92 Å². The number of ether oxygens (including phenoxy) is 9. The van der Waals surface area contributed by atoms with Crippen LogP contribution in [0.15, 0.2) is 0 Å². The number of aliphatic hydroxyl groups excluding tert-OH is 14. The smallest absolute Gasteiger partial charge is 0.217 e. The fourth-order valence-electron chi connectivity index (χ4n) is 7.58. The van der Waals surface area contributed by atoms with Crippen LogP contribution in [0.5, 0.6) is 0 Å². The number of nitrogens with one attached hydrogen (secondary N) is 2. The Labute approximate surface area is 346 Å². The average Bonchev–Trinajstić information content (AvgIpc) is 3.21. The normalized spacial score (nSPS) is 49.6. The van der Waals surface area contributed by atoms with Crippen LogP contribution in [0.4, 0.5) is 0 Å². The highest BCUT2D eigenvalue weighted by Crippen LogP contribution is 2.34. The Morgan fingerprint density at radius 2 is 0.885 bits per heavy atom. The molecule has 0 unspecified atom stereocenters. The number of rotatable bonds is 14. The van der Waals surface area contributed by atoms with E-state index in [0.29, 0.717) is 0 Å². The zero-order valence-corrected chi connectivity index (χ0v) is 33.0. The lowest BCUT2D eigenvalue weighted by Gasteiger charge is -2.49. The van der Waals surface area contributed by atoms with Crippen LogP contribution in [0, 0.1) is 0 Å². The topological polar surface area (TPSA) is 424 Å². The number of hydrogen-bond acceptors (Lipinski definition) is 25. The standard InChI is InChI=1S/C34H58N2O25/c1-8-17(41)22(46)25(49)32(55-8)54-7-14-29(20(44)15(30(52)56-14)35-9(2)39)60-31-16(36-10(3)40)21(45)28(12(5-38)58-31)61-34-27(51)24(48)19(43)13(59-34)6-53-33-26(50)23(47)18(42)11(4-37)57-33/h8,11-34,37-38,41-52H,4-7H2,1-3H3,(H,35,39)(H,36,40)/t8-,11+,12+,13+,14+,15+,16+,17+,18+,19+,20+,21+,22+,23-,24-,25-,26-,27-,28+,29+,30+,31+,32+,33-,34-/m0/s1. The molecular weight excluding hydrogens is 836 g/mol. The van der Waals surface area contributed by atoms with Crippen LogP contribution in [0.3, 0.4) is 0 Å². The maximum absolute atomic E-state index is 12.5. The first-order valence-corrected chi connectivity index (χ1v) is 19.4. The van der Waals surface area contributed by atoms with Gasteiger partial charge in [0.15, 0.2) is 31.5 Å². The van der Waals surface area contributed by atoms with Crippen LogP contribution < -0.4 is 10.6 Å². The zero-order chi connectivity index (χ0) is 45.2. The van der Waals surface area contributed by atoms with E-state index in [9.17, 15) is 81.1 Å². The second kappa shape index (κ2) is 21.3. The molecule has 16 N–H and O–H groups in total. The number of amides is 2. The number of hydrogen-bond donors (Lipinski definition) is 16. The summed E-state index contributed by atoms with van der Waals surface area (Å²) in [6.45, 7) is 0.353.